The molecule has 0 fully saturated rings. The van der Waals surface area contributed by atoms with Gasteiger partial charge in [-0.1, -0.05) is 13.3 Å². The van der Waals surface area contributed by atoms with E-state index in [0.29, 0.717) is 17.9 Å². The molecule has 0 aliphatic heterocycles. The van der Waals surface area contributed by atoms with Crippen molar-refractivity contribution in [3.05, 3.63) is 24.3 Å². The minimum atomic E-state index is -3.27. The molecule has 1 aromatic carbocycles. The van der Waals surface area contributed by atoms with E-state index in [1.807, 2.05) is 6.92 Å². The monoisotopic (exact) mass is 328 g/mol. The van der Waals surface area contributed by atoms with Gasteiger partial charge < -0.3 is 9.64 Å². The van der Waals surface area contributed by atoms with Crippen LogP contribution in [-0.2, 0) is 14.8 Å². The normalized spacial score (nSPS) is 11.2. The number of anilines is 1. The molecule has 6 nitrogen and oxygen atoms in total. The van der Waals surface area contributed by atoms with Crippen LogP contribution in [0.15, 0.2) is 24.3 Å². The molecule has 0 heterocycles. The number of hydrogen-bond acceptors (Lipinski definition) is 4. The molecule has 0 spiro atoms. The van der Waals surface area contributed by atoms with Gasteiger partial charge in [-0.25, -0.2) is 13.1 Å². The van der Waals surface area contributed by atoms with Crippen molar-refractivity contribution in [3.63, 3.8) is 0 Å². The number of sulfonamides is 1. The maximum Gasteiger partial charge on any atom is 0.223 e. The summed E-state index contributed by atoms with van der Waals surface area (Å²) in [6.07, 6.45) is 1.45. The predicted octanol–water partition coefficient (Wildman–Crippen LogP) is 1.77. The van der Waals surface area contributed by atoms with Crippen molar-refractivity contribution in [3.8, 4) is 5.75 Å². The molecule has 1 amide bonds. The summed E-state index contributed by atoms with van der Waals surface area (Å²) in [5.41, 5.74) is 0.709. The Morgan fingerprint density at radius 2 is 1.91 bits per heavy atom. The van der Waals surface area contributed by atoms with Crippen LogP contribution in [0.4, 0.5) is 5.69 Å². The molecular weight excluding hydrogens is 304 g/mol. The number of hydrogen-bond donors (Lipinski definition) is 1. The summed E-state index contributed by atoms with van der Waals surface area (Å²) in [5.74, 6) is 0.678. The molecule has 124 valence electrons. The lowest BCUT2D eigenvalue weighted by molar-refractivity contribution is -0.116. The van der Waals surface area contributed by atoms with E-state index in [0.717, 1.165) is 6.42 Å². The molecule has 0 aliphatic rings. The number of ether oxygens (including phenoxy) is 1. The van der Waals surface area contributed by atoms with Crippen molar-refractivity contribution in [2.75, 3.05) is 30.9 Å². The second-order valence-electron chi connectivity index (χ2n) is 4.94. The minimum absolute atomic E-state index is 0.117. The highest BCUT2D eigenvalue weighted by atomic mass is 32.2. The lowest BCUT2D eigenvalue weighted by Gasteiger charge is -2.21. The number of benzene rings is 1. The van der Waals surface area contributed by atoms with Crippen LogP contribution in [0.1, 0.15) is 26.7 Å². The van der Waals surface area contributed by atoms with Gasteiger partial charge in [0.25, 0.3) is 0 Å². The molecule has 1 rings (SSSR count). The third-order valence-electron chi connectivity index (χ3n) is 3.19. The molecule has 0 bridgehead atoms. The van der Waals surface area contributed by atoms with Gasteiger partial charge in [0.05, 0.1) is 12.9 Å². The topological polar surface area (TPSA) is 75.7 Å². The first-order valence-electron chi connectivity index (χ1n) is 7.29. The molecule has 0 radical (unpaired) electrons. The first-order valence-corrected chi connectivity index (χ1v) is 8.94. The molecule has 1 N–H and O–H groups in total. The fourth-order valence-electron chi connectivity index (χ4n) is 1.95. The Balaban J connectivity index is 2.63. The average molecular weight is 328 g/mol. The Morgan fingerprint density at radius 3 is 2.41 bits per heavy atom. The number of unbranched alkanes of at least 4 members (excludes halogenated alkanes) is 1. The number of rotatable bonds is 9. The molecule has 22 heavy (non-hydrogen) atoms. The fraction of sp³-hybridized carbons (Fsp3) is 0.533. The maximum absolute atomic E-state index is 11.7. The molecule has 0 unspecified atom stereocenters. The van der Waals surface area contributed by atoms with Crippen molar-refractivity contribution in [2.45, 2.75) is 26.7 Å². The van der Waals surface area contributed by atoms with E-state index in [2.05, 4.69) is 4.72 Å². The third-order valence-corrected chi connectivity index (χ3v) is 4.66. The van der Waals surface area contributed by atoms with E-state index in [-0.39, 0.29) is 24.7 Å². The highest BCUT2D eigenvalue weighted by molar-refractivity contribution is 7.89. The number of amides is 1. The van der Waals surface area contributed by atoms with Crippen LogP contribution in [-0.4, -0.2) is 40.3 Å². The van der Waals surface area contributed by atoms with Gasteiger partial charge in [0.1, 0.15) is 5.75 Å². The Bertz CT molecular complexity index is 570. The summed E-state index contributed by atoms with van der Waals surface area (Å²) in [4.78, 5) is 13.3. The standard InChI is InChI=1S/C15H24N2O4S/c1-4-5-12-22(19,20)16-10-11-17(13(2)18)14-6-8-15(21-3)9-7-14/h6-9,16H,4-5,10-12H2,1-3H3. The Hall–Kier alpha value is -1.60. The fourth-order valence-corrected chi connectivity index (χ4v) is 3.17. The van der Waals surface area contributed by atoms with Crippen molar-refractivity contribution >= 4 is 21.6 Å². The van der Waals surface area contributed by atoms with Crippen LogP contribution in [0, 0.1) is 0 Å². The van der Waals surface area contributed by atoms with Gasteiger partial charge in [-0.15, -0.1) is 0 Å². The van der Waals surface area contributed by atoms with E-state index < -0.39 is 10.0 Å². The quantitative estimate of drug-likeness (QED) is 0.749. The number of methoxy groups -OCH3 is 1. The van der Waals surface area contributed by atoms with Crippen LogP contribution in [0.5, 0.6) is 5.75 Å². The third kappa shape index (κ3) is 6.03. The molecular formula is C15H24N2O4S. The van der Waals surface area contributed by atoms with E-state index in [9.17, 15) is 13.2 Å². The molecule has 0 atom stereocenters. The Morgan fingerprint density at radius 1 is 1.27 bits per heavy atom. The largest absolute Gasteiger partial charge is 0.497 e. The van der Waals surface area contributed by atoms with Crippen molar-refractivity contribution < 1.29 is 17.9 Å². The van der Waals surface area contributed by atoms with E-state index in [1.165, 1.54) is 11.8 Å². The van der Waals surface area contributed by atoms with Crippen LogP contribution in [0.3, 0.4) is 0 Å². The van der Waals surface area contributed by atoms with Gasteiger partial charge in [0.2, 0.25) is 15.9 Å². The van der Waals surface area contributed by atoms with Crippen molar-refractivity contribution in [1.29, 1.82) is 0 Å². The van der Waals surface area contributed by atoms with Gasteiger partial charge in [-0.3, -0.25) is 4.79 Å². The molecule has 0 aromatic heterocycles. The van der Waals surface area contributed by atoms with Crippen LogP contribution in [0.2, 0.25) is 0 Å². The zero-order valence-corrected chi connectivity index (χ0v) is 14.1. The highest BCUT2D eigenvalue weighted by Gasteiger charge is 2.14. The summed E-state index contributed by atoms with van der Waals surface area (Å²) in [5, 5.41) is 0. The van der Waals surface area contributed by atoms with Crippen molar-refractivity contribution in [1.82, 2.24) is 4.72 Å². The second-order valence-corrected chi connectivity index (χ2v) is 6.86. The first kappa shape index (κ1) is 18.4. The van der Waals surface area contributed by atoms with Gasteiger partial charge in [-0.05, 0) is 30.7 Å². The number of nitrogens with zero attached hydrogens (tertiary/aromatic N) is 1. The number of nitrogens with one attached hydrogen (secondary N) is 1. The zero-order valence-electron chi connectivity index (χ0n) is 13.3. The maximum atomic E-state index is 11.7. The molecule has 0 saturated carbocycles. The van der Waals surface area contributed by atoms with Crippen LogP contribution in [0.25, 0.3) is 0 Å². The van der Waals surface area contributed by atoms with Crippen LogP contribution >= 0.6 is 0 Å². The van der Waals surface area contributed by atoms with Gasteiger partial charge in [0, 0.05) is 25.7 Å². The SMILES string of the molecule is CCCCS(=O)(=O)NCCN(C(C)=O)c1ccc(OC)cc1. The van der Waals surface area contributed by atoms with Gasteiger partial charge in [0.15, 0.2) is 0 Å². The lowest BCUT2D eigenvalue weighted by Crippen LogP contribution is -2.38. The van der Waals surface area contributed by atoms with E-state index in [4.69, 9.17) is 4.74 Å². The Kier molecular flexibility index (Phi) is 7.34. The highest BCUT2D eigenvalue weighted by Crippen LogP contribution is 2.19. The van der Waals surface area contributed by atoms with Gasteiger partial charge >= 0.3 is 0 Å². The second kappa shape index (κ2) is 8.75. The molecule has 0 saturated heterocycles. The number of carbonyl (C=O) groups excluding carboxylic acids is 1. The zero-order chi connectivity index (χ0) is 16.6. The van der Waals surface area contributed by atoms with Crippen LogP contribution < -0.4 is 14.4 Å². The number of carbonyl (C=O) groups is 1. The van der Waals surface area contributed by atoms with E-state index in [1.54, 1.807) is 31.4 Å². The minimum Gasteiger partial charge on any atom is -0.497 e. The van der Waals surface area contributed by atoms with Crippen molar-refractivity contribution in [2.24, 2.45) is 0 Å². The molecule has 7 heteroatoms. The predicted molar refractivity (Wildman–Crippen MR) is 87.7 cm³/mol. The molecule has 1 aromatic rings. The Labute approximate surface area is 132 Å². The average Bonchev–Trinajstić information content (AvgIpc) is 2.49. The summed E-state index contributed by atoms with van der Waals surface area (Å²) >= 11 is 0. The molecule has 0 aliphatic carbocycles. The summed E-state index contributed by atoms with van der Waals surface area (Å²) in [7, 11) is -1.69. The summed E-state index contributed by atoms with van der Waals surface area (Å²) < 4.78 is 31.1. The summed E-state index contributed by atoms with van der Waals surface area (Å²) in [6.45, 7) is 3.87. The lowest BCUT2D eigenvalue weighted by atomic mass is 10.2. The van der Waals surface area contributed by atoms with E-state index >= 15 is 0 Å². The summed E-state index contributed by atoms with van der Waals surface area (Å²) in [6, 6.07) is 7.06. The van der Waals surface area contributed by atoms with Gasteiger partial charge in [-0.2, -0.15) is 0 Å². The smallest absolute Gasteiger partial charge is 0.223 e. The first-order chi connectivity index (χ1) is 10.4.